The number of carbonyl (C=O) groups is 1. The SMILES string of the molecule is CCC1(C#N)C(=O)OC(C)(C)CC1(C)O. The summed E-state index contributed by atoms with van der Waals surface area (Å²) in [4.78, 5) is 11.8. The van der Waals surface area contributed by atoms with E-state index in [-0.39, 0.29) is 12.8 Å². The normalized spacial score (nSPS) is 39.3. The Hall–Kier alpha value is -1.08. The highest BCUT2D eigenvalue weighted by Gasteiger charge is 2.60. The van der Waals surface area contributed by atoms with Gasteiger partial charge in [0.05, 0.1) is 11.7 Å². The highest BCUT2D eigenvalue weighted by molar-refractivity contribution is 5.83. The third-order valence-electron chi connectivity index (χ3n) is 3.13. The molecule has 0 saturated carbocycles. The minimum absolute atomic E-state index is 0.255. The summed E-state index contributed by atoms with van der Waals surface area (Å²) in [5.41, 5.74) is -3.48. The fraction of sp³-hybridized carbons (Fsp3) is 0.818. The maximum absolute atomic E-state index is 11.8. The molecule has 0 bridgehead atoms. The molecule has 4 heteroatoms. The van der Waals surface area contributed by atoms with Crippen molar-refractivity contribution in [2.24, 2.45) is 5.41 Å². The molecule has 4 nitrogen and oxygen atoms in total. The number of ether oxygens (including phenoxy) is 1. The van der Waals surface area contributed by atoms with Crippen molar-refractivity contribution in [1.82, 2.24) is 0 Å². The molecule has 1 N–H and O–H groups in total. The van der Waals surface area contributed by atoms with Gasteiger partial charge < -0.3 is 9.84 Å². The molecular formula is C11H17NO3. The van der Waals surface area contributed by atoms with E-state index in [2.05, 4.69) is 0 Å². The van der Waals surface area contributed by atoms with Crippen LogP contribution >= 0.6 is 0 Å². The summed E-state index contributed by atoms with van der Waals surface area (Å²) in [5, 5.41) is 19.4. The van der Waals surface area contributed by atoms with Crippen LogP contribution in [-0.2, 0) is 9.53 Å². The van der Waals surface area contributed by atoms with Gasteiger partial charge in [0, 0.05) is 6.42 Å². The average molecular weight is 211 g/mol. The Morgan fingerprint density at radius 1 is 1.53 bits per heavy atom. The fourth-order valence-electron chi connectivity index (χ4n) is 2.34. The summed E-state index contributed by atoms with van der Waals surface area (Å²) < 4.78 is 5.19. The maximum atomic E-state index is 11.8. The quantitative estimate of drug-likeness (QED) is 0.665. The van der Waals surface area contributed by atoms with Gasteiger partial charge in [-0.3, -0.25) is 4.79 Å². The van der Waals surface area contributed by atoms with Gasteiger partial charge in [0.1, 0.15) is 5.60 Å². The van der Waals surface area contributed by atoms with Crippen molar-refractivity contribution in [2.45, 2.75) is 51.7 Å². The van der Waals surface area contributed by atoms with Gasteiger partial charge in [0.25, 0.3) is 0 Å². The smallest absolute Gasteiger partial charge is 0.330 e. The van der Waals surface area contributed by atoms with Crippen molar-refractivity contribution in [1.29, 1.82) is 5.26 Å². The predicted molar refractivity (Wildman–Crippen MR) is 53.7 cm³/mol. The zero-order valence-corrected chi connectivity index (χ0v) is 9.63. The molecule has 1 aliphatic heterocycles. The van der Waals surface area contributed by atoms with E-state index in [1.807, 2.05) is 6.07 Å². The first kappa shape index (κ1) is 12.0. The number of carbonyl (C=O) groups excluding carboxylic acids is 1. The number of aliphatic hydroxyl groups is 1. The Labute approximate surface area is 89.8 Å². The summed E-state index contributed by atoms with van der Waals surface area (Å²) >= 11 is 0. The molecule has 84 valence electrons. The topological polar surface area (TPSA) is 70.3 Å². The van der Waals surface area contributed by atoms with Gasteiger partial charge in [0.15, 0.2) is 5.41 Å². The van der Waals surface area contributed by atoms with Crippen LogP contribution in [0, 0.1) is 16.7 Å². The molecule has 0 aromatic heterocycles. The van der Waals surface area contributed by atoms with Crippen LogP contribution in [0.1, 0.15) is 40.5 Å². The number of nitrogens with zero attached hydrogens (tertiary/aromatic N) is 1. The molecule has 0 spiro atoms. The van der Waals surface area contributed by atoms with Crippen molar-refractivity contribution < 1.29 is 14.6 Å². The second-order valence-corrected chi connectivity index (χ2v) is 4.97. The number of nitriles is 1. The summed E-state index contributed by atoms with van der Waals surface area (Å²) in [6, 6.07) is 1.92. The van der Waals surface area contributed by atoms with Gasteiger partial charge in [-0.1, -0.05) is 6.92 Å². The molecule has 0 radical (unpaired) electrons. The minimum atomic E-state index is -1.43. The summed E-state index contributed by atoms with van der Waals surface area (Å²) in [6.45, 7) is 6.70. The van der Waals surface area contributed by atoms with Crippen molar-refractivity contribution in [3.8, 4) is 6.07 Å². The van der Waals surface area contributed by atoms with E-state index in [1.165, 1.54) is 6.92 Å². The monoisotopic (exact) mass is 211 g/mol. The van der Waals surface area contributed by atoms with Crippen LogP contribution in [0.4, 0.5) is 0 Å². The number of esters is 1. The molecule has 0 aromatic carbocycles. The molecule has 15 heavy (non-hydrogen) atoms. The van der Waals surface area contributed by atoms with Gasteiger partial charge in [-0.05, 0) is 27.2 Å². The number of hydrogen-bond donors (Lipinski definition) is 1. The lowest BCUT2D eigenvalue weighted by Gasteiger charge is -2.47. The first-order valence-electron chi connectivity index (χ1n) is 5.08. The Kier molecular flexibility index (Phi) is 2.56. The van der Waals surface area contributed by atoms with Gasteiger partial charge in [-0.2, -0.15) is 5.26 Å². The van der Waals surface area contributed by atoms with E-state index in [4.69, 9.17) is 10.00 Å². The van der Waals surface area contributed by atoms with Crippen molar-refractivity contribution in [2.75, 3.05) is 0 Å². The van der Waals surface area contributed by atoms with Gasteiger partial charge >= 0.3 is 5.97 Å². The zero-order valence-electron chi connectivity index (χ0n) is 9.63. The van der Waals surface area contributed by atoms with Crippen molar-refractivity contribution in [3.63, 3.8) is 0 Å². The first-order valence-corrected chi connectivity index (χ1v) is 5.08. The molecule has 0 amide bonds. The minimum Gasteiger partial charge on any atom is -0.458 e. The van der Waals surface area contributed by atoms with E-state index in [1.54, 1.807) is 20.8 Å². The van der Waals surface area contributed by atoms with Crippen LogP contribution in [0.3, 0.4) is 0 Å². The Morgan fingerprint density at radius 3 is 2.40 bits per heavy atom. The number of hydrogen-bond acceptors (Lipinski definition) is 4. The second-order valence-electron chi connectivity index (χ2n) is 4.97. The van der Waals surface area contributed by atoms with Gasteiger partial charge in [-0.25, -0.2) is 0 Å². The first-order chi connectivity index (χ1) is 6.71. The van der Waals surface area contributed by atoms with E-state index in [0.717, 1.165) is 0 Å². The third-order valence-corrected chi connectivity index (χ3v) is 3.13. The molecule has 0 aliphatic carbocycles. The highest BCUT2D eigenvalue weighted by atomic mass is 16.6. The predicted octanol–water partition coefficient (Wildman–Crippen LogP) is 1.38. The van der Waals surface area contributed by atoms with E-state index < -0.39 is 22.6 Å². The second kappa shape index (κ2) is 3.21. The van der Waals surface area contributed by atoms with E-state index >= 15 is 0 Å². The molecule has 1 saturated heterocycles. The average Bonchev–Trinajstić information content (AvgIpc) is 2.01. The van der Waals surface area contributed by atoms with Gasteiger partial charge in [0.2, 0.25) is 0 Å². The molecule has 1 heterocycles. The lowest BCUT2D eigenvalue weighted by molar-refractivity contribution is -0.209. The standard InChI is InChI=1S/C11H17NO3/c1-5-11(7-12)8(13)15-9(2,3)6-10(11,4)14/h14H,5-6H2,1-4H3. The van der Waals surface area contributed by atoms with E-state index in [9.17, 15) is 9.90 Å². The highest BCUT2D eigenvalue weighted by Crippen LogP contribution is 2.46. The lowest BCUT2D eigenvalue weighted by atomic mass is 9.65. The Balaban J connectivity index is 3.22. The number of cyclic esters (lactones) is 1. The van der Waals surface area contributed by atoms with Crippen LogP contribution in [0.25, 0.3) is 0 Å². The Morgan fingerprint density at radius 2 is 2.07 bits per heavy atom. The molecular weight excluding hydrogens is 194 g/mol. The van der Waals surface area contributed by atoms with Crippen molar-refractivity contribution >= 4 is 5.97 Å². The molecule has 2 unspecified atom stereocenters. The fourth-order valence-corrected chi connectivity index (χ4v) is 2.34. The Bertz CT molecular complexity index is 327. The molecule has 2 atom stereocenters. The largest absolute Gasteiger partial charge is 0.458 e. The lowest BCUT2D eigenvalue weighted by Crippen LogP contribution is -2.60. The third kappa shape index (κ3) is 1.61. The zero-order chi connectivity index (χ0) is 11.9. The summed E-state index contributed by atoms with van der Waals surface area (Å²) in [6.07, 6.45) is 0.526. The summed E-state index contributed by atoms with van der Waals surface area (Å²) in [7, 11) is 0. The van der Waals surface area contributed by atoms with Crippen molar-refractivity contribution in [3.05, 3.63) is 0 Å². The molecule has 1 rings (SSSR count). The molecule has 0 aromatic rings. The summed E-state index contributed by atoms with van der Waals surface area (Å²) in [5.74, 6) is -0.617. The van der Waals surface area contributed by atoms with Crippen LogP contribution in [0.15, 0.2) is 0 Å². The van der Waals surface area contributed by atoms with Crippen LogP contribution < -0.4 is 0 Å². The van der Waals surface area contributed by atoms with Crippen LogP contribution in [-0.4, -0.2) is 22.3 Å². The van der Waals surface area contributed by atoms with Crippen LogP contribution in [0.5, 0.6) is 0 Å². The number of rotatable bonds is 1. The van der Waals surface area contributed by atoms with E-state index in [0.29, 0.717) is 0 Å². The van der Waals surface area contributed by atoms with Crippen LogP contribution in [0.2, 0.25) is 0 Å². The van der Waals surface area contributed by atoms with Gasteiger partial charge in [-0.15, -0.1) is 0 Å². The maximum Gasteiger partial charge on any atom is 0.330 e. The molecule has 1 aliphatic rings. The molecule has 1 fully saturated rings.